The lowest BCUT2D eigenvalue weighted by atomic mass is 9.88. The number of nitrogens with zero attached hydrogens (tertiary/aromatic N) is 1. The van der Waals surface area contributed by atoms with Crippen LogP contribution in [0.5, 0.6) is 0 Å². The molecule has 0 N–H and O–H groups in total. The average Bonchev–Trinajstić information content (AvgIpc) is 3.06. The first-order chi connectivity index (χ1) is 23.1. The maximum atomic E-state index is 11.0. The quantitative estimate of drug-likeness (QED) is 0.0509. The minimum absolute atomic E-state index is 0.130. The zero-order valence-corrected chi connectivity index (χ0v) is 32.8. The molecule has 0 saturated heterocycles. The van der Waals surface area contributed by atoms with Crippen molar-refractivity contribution in [1.82, 2.24) is 0 Å². The fourth-order valence-electron chi connectivity index (χ4n) is 6.73. The predicted molar refractivity (Wildman–Crippen MR) is 207 cm³/mol. The largest absolute Gasteiger partial charge is 0.744 e. The highest BCUT2D eigenvalue weighted by Crippen LogP contribution is 2.29. The van der Waals surface area contributed by atoms with Gasteiger partial charge in [0, 0.05) is 5.56 Å². The zero-order chi connectivity index (χ0) is 35.4. The molecule has 0 aromatic heterocycles. The van der Waals surface area contributed by atoms with E-state index in [0.29, 0.717) is 5.92 Å². The van der Waals surface area contributed by atoms with Gasteiger partial charge in [-0.2, -0.15) is 0 Å². The molecule has 0 bridgehead atoms. The van der Waals surface area contributed by atoms with Crippen LogP contribution in [-0.4, -0.2) is 38.1 Å². The molecule has 0 heterocycles. The molecule has 2 rings (SSSR count). The second-order valence-electron chi connectivity index (χ2n) is 15.0. The van der Waals surface area contributed by atoms with Gasteiger partial charge in [0.15, 0.2) is 0 Å². The molecular weight excluding hydrogens is 611 g/mol. The van der Waals surface area contributed by atoms with Gasteiger partial charge in [-0.05, 0) is 49.3 Å². The van der Waals surface area contributed by atoms with Crippen molar-refractivity contribution >= 4 is 10.1 Å². The van der Waals surface area contributed by atoms with Crippen molar-refractivity contribution in [3.05, 3.63) is 65.7 Å². The number of quaternary nitrogens is 1. The molecule has 0 amide bonds. The number of unbranched alkanes of at least 4 members (excludes halogenated alkanes) is 18. The van der Waals surface area contributed by atoms with Crippen molar-refractivity contribution in [2.45, 2.75) is 186 Å². The second-order valence-corrected chi connectivity index (χ2v) is 16.3. The minimum Gasteiger partial charge on any atom is -0.744 e. The van der Waals surface area contributed by atoms with E-state index in [4.69, 9.17) is 0 Å². The normalized spacial score (nSPS) is 12.5. The first kappa shape index (κ1) is 44.3. The summed E-state index contributed by atoms with van der Waals surface area (Å²) in [5.74, 6) is 0.479. The van der Waals surface area contributed by atoms with E-state index >= 15 is 0 Å². The summed E-state index contributed by atoms with van der Waals surface area (Å²) < 4.78 is 34.2. The van der Waals surface area contributed by atoms with Gasteiger partial charge in [-0.3, -0.25) is 0 Å². The average molecular weight is 686 g/mol. The Morgan fingerprint density at radius 1 is 0.542 bits per heavy atom. The standard InChI is InChI=1S/C25H46N.C18H30O3S/c1-4-5-6-7-8-9-10-11-12-13-14-15-16-20-23-26(2,3)24-25-21-18-17-19-22-25;1-3-5-7-9-11-16(10-8-6-4-2)17-12-14-18(15-13-17)22(19,20)21/h17-19,21-22H,4-16,20,23-24H2,1-3H3;12-16H,3-11H2,1-2H3,(H,19,20,21)/q+1;/p-1. The molecule has 2 aromatic carbocycles. The van der Waals surface area contributed by atoms with Crippen LogP contribution in [0.1, 0.15) is 185 Å². The fraction of sp³-hybridized carbons (Fsp3) is 0.721. The van der Waals surface area contributed by atoms with Crippen LogP contribution in [0.3, 0.4) is 0 Å². The highest BCUT2D eigenvalue weighted by molar-refractivity contribution is 7.85. The van der Waals surface area contributed by atoms with Gasteiger partial charge in [0.05, 0.1) is 25.5 Å². The molecule has 1 unspecified atom stereocenters. The van der Waals surface area contributed by atoms with E-state index in [2.05, 4.69) is 65.2 Å². The third kappa shape index (κ3) is 23.6. The van der Waals surface area contributed by atoms with Gasteiger partial charge in [-0.25, -0.2) is 8.42 Å². The molecular formula is C43H75NO3S. The molecule has 4 nitrogen and oxygen atoms in total. The van der Waals surface area contributed by atoms with Gasteiger partial charge < -0.3 is 9.04 Å². The Labute approximate surface area is 298 Å². The highest BCUT2D eigenvalue weighted by atomic mass is 32.2. The Balaban J connectivity index is 0.000000487. The van der Waals surface area contributed by atoms with E-state index in [-0.39, 0.29) is 4.90 Å². The first-order valence-electron chi connectivity index (χ1n) is 20.0. The number of benzene rings is 2. The topological polar surface area (TPSA) is 57.2 Å². The van der Waals surface area contributed by atoms with E-state index in [1.54, 1.807) is 0 Å². The van der Waals surface area contributed by atoms with Crippen LogP contribution in [0.25, 0.3) is 0 Å². The minimum atomic E-state index is -4.34. The number of rotatable bonds is 28. The van der Waals surface area contributed by atoms with E-state index in [0.717, 1.165) is 23.9 Å². The Morgan fingerprint density at radius 2 is 0.938 bits per heavy atom. The molecule has 0 aliphatic carbocycles. The summed E-state index contributed by atoms with van der Waals surface area (Å²) in [5.41, 5.74) is 2.63. The van der Waals surface area contributed by atoms with Crippen LogP contribution >= 0.6 is 0 Å². The van der Waals surface area contributed by atoms with Crippen molar-refractivity contribution < 1.29 is 17.5 Å². The highest BCUT2D eigenvalue weighted by Gasteiger charge is 2.15. The molecule has 0 aliphatic heterocycles. The predicted octanol–water partition coefficient (Wildman–Crippen LogP) is 13.0. The van der Waals surface area contributed by atoms with E-state index in [1.165, 1.54) is 165 Å². The van der Waals surface area contributed by atoms with Gasteiger partial charge in [0.25, 0.3) is 0 Å². The van der Waals surface area contributed by atoms with Crippen molar-refractivity contribution in [2.75, 3.05) is 20.6 Å². The number of hydrogen-bond donors (Lipinski definition) is 0. The molecule has 2 aromatic rings. The van der Waals surface area contributed by atoms with Crippen LogP contribution in [0.4, 0.5) is 0 Å². The Kier molecular flexibility index (Phi) is 25.9. The summed E-state index contributed by atoms with van der Waals surface area (Å²) >= 11 is 0. The zero-order valence-electron chi connectivity index (χ0n) is 32.0. The maximum absolute atomic E-state index is 11.0. The van der Waals surface area contributed by atoms with E-state index in [9.17, 15) is 13.0 Å². The Morgan fingerprint density at radius 3 is 1.40 bits per heavy atom. The molecule has 276 valence electrons. The van der Waals surface area contributed by atoms with Crippen LogP contribution in [0.2, 0.25) is 0 Å². The third-order valence-corrected chi connectivity index (χ3v) is 10.6. The molecule has 0 spiro atoms. The van der Waals surface area contributed by atoms with Gasteiger partial charge in [-0.1, -0.05) is 185 Å². The lowest BCUT2D eigenvalue weighted by Crippen LogP contribution is -2.39. The van der Waals surface area contributed by atoms with E-state index in [1.807, 2.05) is 12.1 Å². The summed E-state index contributed by atoms with van der Waals surface area (Å²) in [6.07, 6.45) is 31.1. The summed E-state index contributed by atoms with van der Waals surface area (Å²) in [6, 6.07) is 17.5. The van der Waals surface area contributed by atoms with Crippen LogP contribution < -0.4 is 0 Å². The fourth-order valence-corrected chi connectivity index (χ4v) is 7.20. The van der Waals surface area contributed by atoms with Gasteiger partial charge in [-0.15, -0.1) is 0 Å². The monoisotopic (exact) mass is 686 g/mol. The summed E-state index contributed by atoms with van der Waals surface area (Å²) in [7, 11) is 0.400. The number of hydrogen-bond acceptors (Lipinski definition) is 3. The summed E-state index contributed by atoms with van der Waals surface area (Å²) in [4.78, 5) is -0.130. The van der Waals surface area contributed by atoms with Crippen molar-refractivity contribution in [3.63, 3.8) is 0 Å². The van der Waals surface area contributed by atoms with Crippen LogP contribution in [-0.2, 0) is 16.7 Å². The van der Waals surface area contributed by atoms with Crippen molar-refractivity contribution in [3.8, 4) is 0 Å². The second kappa shape index (κ2) is 28.1. The molecule has 5 heteroatoms. The van der Waals surface area contributed by atoms with Crippen LogP contribution in [0.15, 0.2) is 59.5 Å². The van der Waals surface area contributed by atoms with Crippen molar-refractivity contribution in [1.29, 1.82) is 0 Å². The summed E-state index contributed by atoms with van der Waals surface area (Å²) in [6.45, 7) is 9.15. The van der Waals surface area contributed by atoms with Gasteiger partial charge in [0.2, 0.25) is 0 Å². The molecule has 0 aliphatic rings. The van der Waals surface area contributed by atoms with E-state index < -0.39 is 10.1 Å². The first-order valence-corrected chi connectivity index (χ1v) is 21.5. The molecule has 0 fully saturated rings. The molecule has 1 atom stereocenters. The van der Waals surface area contributed by atoms with Crippen LogP contribution in [0, 0.1) is 0 Å². The lowest BCUT2D eigenvalue weighted by Gasteiger charge is -2.30. The Hall–Kier alpha value is -1.69. The lowest BCUT2D eigenvalue weighted by molar-refractivity contribution is -0.903. The van der Waals surface area contributed by atoms with Gasteiger partial charge in [0.1, 0.15) is 16.7 Å². The molecule has 0 saturated carbocycles. The Bertz CT molecular complexity index is 1100. The maximum Gasteiger partial charge on any atom is 0.124 e. The third-order valence-electron chi connectivity index (χ3n) is 9.77. The molecule has 0 radical (unpaired) electrons. The summed E-state index contributed by atoms with van der Waals surface area (Å²) in [5, 5.41) is 0. The molecule has 48 heavy (non-hydrogen) atoms. The SMILES string of the molecule is CCCCCCC(CCCCC)c1ccc(S(=O)(=O)[O-])cc1.CCCCCCCCCCCCCCCC[N+](C)(C)Cc1ccccc1. The smallest absolute Gasteiger partial charge is 0.124 e. The van der Waals surface area contributed by atoms with Crippen molar-refractivity contribution in [2.24, 2.45) is 0 Å². The van der Waals surface area contributed by atoms with Gasteiger partial charge >= 0.3 is 0 Å².